The molecule has 0 fully saturated rings. The van der Waals surface area contributed by atoms with Crippen LogP contribution < -0.4 is 10.1 Å². The third-order valence-corrected chi connectivity index (χ3v) is 7.37. The summed E-state index contributed by atoms with van der Waals surface area (Å²) < 4.78 is 20.7. The lowest BCUT2D eigenvalue weighted by Crippen LogP contribution is -1.98. The van der Waals surface area contributed by atoms with Gasteiger partial charge in [-0.1, -0.05) is 54.6 Å². The van der Waals surface area contributed by atoms with Crippen LogP contribution in [0.3, 0.4) is 0 Å². The Morgan fingerprint density at radius 1 is 0.969 bits per heavy atom. The molecule has 4 heteroatoms. The summed E-state index contributed by atoms with van der Waals surface area (Å²) in [6.07, 6.45) is 1.01. The maximum atomic E-state index is 14.5. The molecule has 32 heavy (non-hydrogen) atoms. The summed E-state index contributed by atoms with van der Waals surface area (Å²) in [5.74, 6) is 0.849. The Kier molecular flexibility index (Phi) is 5.71. The van der Waals surface area contributed by atoms with Crippen molar-refractivity contribution >= 4 is 17.0 Å². The van der Waals surface area contributed by atoms with Crippen LogP contribution in [-0.2, 0) is 19.7 Å². The Labute approximate surface area is 192 Å². The van der Waals surface area contributed by atoms with E-state index in [1.165, 1.54) is 22.4 Å². The van der Waals surface area contributed by atoms with Crippen LogP contribution >= 0.6 is 11.3 Å². The Hall–Kier alpha value is -3.11. The molecule has 0 saturated carbocycles. The molecule has 1 aliphatic rings. The number of anilines is 1. The third kappa shape index (κ3) is 3.80. The van der Waals surface area contributed by atoms with E-state index < -0.39 is 6.67 Å². The average molecular weight is 444 g/mol. The van der Waals surface area contributed by atoms with Gasteiger partial charge in [-0.15, -0.1) is 11.3 Å². The van der Waals surface area contributed by atoms with Crippen LogP contribution in [0.5, 0.6) is 5.75 Å². The number of alkyl halides is 1. The zero-order chi connectivity index (χ0) is 22.1. The lowest BCUT2D eigenvalue weighted by atomic mass is 9.96. The number of ether oxygens (including phenoxy) is 1. The van der Waals surface area contributed by atoms with E-state index in [2.05, 4.69) is 55.6 Å². The molecule has 0 aliphatic carbocycles. The van der Waals surface area contributed by atoms with Gasteiger partial charge in [0.25, 0.3) is 0 Å². The Bertz CT molecular complexity index is 1260. The predicted molar refractivity (Wildman–Crippen MR) is 132 cm³/mol. The van der Waals surface area contributed by atoms with Crippen molar-refractivity contribution in [3.8, 4) is 27.3 Å². The number of thiophene rings is 1. The Balaban J connectivity index is 1.56. The van der Waals surface area contributed by atoms with Crippen LogP contribution in [0.15, 0.2) is 66.7 Å². The van der Waals surface area contributed by atoms with E-state index in [1.54, 1.807) is 11.3 Å². The summed E-state index contributed by atoms with van der Waals surface area (Å²) in [4.78, 5) is 2.05. The minimum Gasteiger partial charge on any atom is -0.488 e. The monoisotopic (exact) mass is 443 g/mol. The molecule has 0 spiro atoms. The van der Waals surface area contributed by atoms with Gasteiger partial charge in [0.1, 0.15) is 19.0 Å². The van der Waals surface area contributed by atoms with Gasteiger partial charge in [-0.3, -0.25) is 0 Å². The summed E-state index contributed by atoms with van der Waals surface area (Å²) in [6.45, 7) is 5.03. The highest BCUT2D eigenvalue weighted by atomic mass is 32.1. The van der Waals surface area contributed by atoms with Gasteiger partial charge in [0.2, 0.25) is 0 Å². The van der Waals surface area contributed by atoms with Gasteiger partial charge in [0, 0.05) is 33.1 Å². The molecule has 1 aromatic heterocycles. The minimum atomic E-state index is -0.515. The molecule has 0 amide bonds. The first kappa shape index (κ1) is 20.8. The maximum absolute atomic E-state index is 14.5. The van der Waals surface area contributed by atoms with Crippen molar-refractivity contribution in [2.24, 2.45) is 0 Å². The van der Waals surface area contributed by atoms with Crippen molar-refractivity contribution in [2.75, 3.05) is 11.9 Å². The van der Waals surface area contributed by atoms with Gasteiger partial charge < -0.3 is 10.1 Å². The second kappa shape index (κ2) is 8.79. The lowest BCUT2D eigenvalue weighted by molar-refractivity contribution is 0.306. The molecule has 4 aromatic rings. The van der Waals surface area contributed by atoms with Crippen molar-refractivity contribution in [3.63, 3.8) is 0 Å². The average Bonchev–Trinajstić information content (AvgIpc) is 3.43. The van der Waals surface area contributed by atoms with Crippen LogP contribution in [0.4, 0.5) is 10.1 Å². The highest BCUT2D eigenvalue weighted by molar-refractivity contribution is 7.16. The van der Waals surface area contributed by atoms with E-state index in [4.69, 9.17) is 4.74 Å². The number of rotatable bonds is 6. The summed E-state index contributed by atoms with van der Waals surface area (Å²) >= 11 is 1.64. The van der Waals surface area contributed by atoms with Crippen LogP contribution in [-0.4, -0.2) is 6.54 Å². The van der Waals surface area contributed by atoms with Crippen LogP contribution in [0.1, 0.15) is 27.1 Å². The van der Waals surface area contributed by atoms with E-state index in [0.717, 1.165) is 50.7 Å². The zero-order valence-corrected chi connectivity index (χ0v) is 19.2. The quantitative estimate of drug-likeness (QED) is 0.329. The lowest BCUT2D eigenvalue weighted by Gasteiger charge is -2.11. The maximum Gasteiger partial charge on any atom is 0.123 e. The molecule has 0 saturated heterocycles. The fourth-order valence-electron chi connectivity index (χ4n) is 4.53. The summed E-state index contributed by atoms with van der Waals surface area (Å²) in [5, 5.41) is 3.44. The van der Waals surface area contributed by atoms with Crippen LogP contribution in [0.2, 0.25) is 0 Å². The van der Waals surface area contributed by atoms with Gasteiger partial charge in [-0.25, -0.2) is 4.39 Å². The number of fused-ring (bicyclic) bond motifs is 1. The Morgan fingerprint density at radius 3 is 2.53 bits per heavy atom. The molecule has 3 aromatic carbocycles. The molecule has 2 nitrogen and oxygen atoms in total. The second-order valence-corrected chi connectivity index (χ2v) is 9.37. The molecule has 2 heterocycles. The molecule has 5 rings (SSSR count). The molecule has 1 N–H and O–H groups in total. The molecular weight excluding hydrogens is 417 g/mol. The Morgan fingerprint density at radius 2 is 1.75 bits per heavy atom. The topological polar surface area (TPSA) is 21.3 Å². The van der Waals surface area contributed by atoms with E-state index >= 15 is 0 Å². The van der Waals surface area contributed by atoms with E-state index in [-0.39, 0.29) is 0 Å². The number of hydrogen-bond acceptors (Lipinski definition) is 3. The first-order valence-corrected chi connectivity index (χ1v) is 11.8. The third-order valence-electron chi connectivity index (χ3n) is 6.13. The van der Waals surface area contributed by atoms with Gasteiger partial charge in [0.15, 0.2) is 0 Å². The largest absolute Gasteiger partial charge is 0.488 e. The molecular formula is C28H26FNOS. The van der Waals surface area contributed by atoms with Gasteiger partial charge >= 0.3 is 0 Å². The van der Waals surface area contributed by atoms with Crippen molar-refractivity contribution < 1.29 is 9.13 Å². The van der Waals surface area contributed by atoms with E-state index in [9.17, 15) is 4.39 Å². The molecule has 0 atom stereocenters. The van der Waals surface area contributed by atoms with Crippen molar-refractivity contribution in [2.45, 2.75) is 33.5 Å². The fraction of sp³-hybridized carbons (Fsp3) is 0.214. The summed E-state index contributed by atoms with van der Waals surface area (Å²) in [5.41, 5.74) is 8.81. The first-order valence-electron chi connectivity index (χ1n) is 11.0. The summed E-state index contributed by atoms with van der Waals surface area (Å²) in [7, 11) is 0. The van der Waals surface area contributed by atoms with Crippen molar-refractivity contribution in [3.05, 3.63) is 93.9 Å². The van der Waals surface area contributed by atoms with Crippen LogP contribution in [0, 0.1) is 13.8 Å². The minimum absolute atomic E-state index is 0.362. The SMILES string of the molecule is Cc1ccccc1-c1sc(COc2cc(C)c3c(c2)CCN3)c(CF)c1-c1ccccc1. The highest BCUT2D eigenvalue weighted by Gasteiger charge is 2.22. The predicted octanol–water partition coefficient (Wildman–Crippen LogP) is 7.72. The molecule has 0 bridgehead atoms. The molecule has 1 aliphatic heterocycles. The first-order chi connectivity index (χ1) is 15.7. The van der Waals surface area contributed by atoms with Crippen LogP contribution in [0.25, 0.3) is 21.6 Å². The zero-order valence-electron chi connectivity index (χ0n) is 18.4. The summed E-state index contributed by atoms with van der Waals surface area (Å²) in [6, 6.07) is 22.6. The normalized spacial score (nSPS) is 12.5. The fourth-order valence-corrected chi connectivity index (χ4v) is 5.85. The molecule has 0 radical (unpaired) electrons. The number of halogens is 1. The number of benzene rings is 3. The molecule has 162 valence electrons. The number of aryl methyl sites for hydroxylation is 2. The van der Waals surface area contributed by atoms with Gasteiger partial charge in [-0.05, 0) is 60.2 Å². The van der Waals surface area contributed by atoms with Gasteiger partial charge in [-0.2, -0.15) is 0 Å². The standard InChI is InChI=1S/C28H26FNOS/c1-18-8-6-7-11-23(18)28-26(20-9-4-3-5-10-20)24(16-29)25(32-28)17-31-22-14-19(2)27-21(15-22)12-13-30-27/h3-11,14-15,30H,12-13,16-17H2,1-2H3. The smallest absolute Gasteiger partial charge is 0.123 e. The van der Waals surface area contributed by atoms with E-state index in [0.29, 0.717) is 6.61 Å². The van der Waals surface area contributed by atoms with Gasteiger partial charge in [0.05, 0.1) is 0 Å². The molecule has 0 unspecified atom stereocenters. The second-order valence-electron chi connectivity index (χ2n) is 8.26. The van der Waals surface area contributed by atoms with Crippen molar-refractivity contribution in [1.82, 2.24) is 0 Å². The van der Waals surface area contributed by atoms with E-state index in [1.807, 2.05) is 30.3 Å². The van der Waals surface area contributed by atoms with Crippen molar-refractivity contribution in [1.29, 1.82) is 0 Å². The number of hydrogen-bond donors (Lipinski definition) is 1. The highest BCUT2D eigenvalue weighted by Crippen LogP contribution is 2.45. The number of nitrogens with one attached hydrogen (secondary N) is 1.